The number of rotatable bonds is 6. The zero-order valence-electron chi connectivity index (χ0n) is 14.4. The summed E-state index contributed by atoms with van der Waals surface area (Å²) in [5.74, 6) is -0.793. The number of aryl methyl sites for hydroxylation is 1. The fourth-order valence-corrected chi connectivity index (χ4v) is 3.69. The zero-order chi connectivity index (χ0) is 19.4. The van der Waals surface area contributed by atoms with Crippen molar-refractivity contribution < 1.29 is 19.4 Å². The van der Waals surface area contributed by atoms with Gasteiger partial charge in [-0.25, -0.2) is 4.79 Å². The molecule has 0 aliphatic carbocycles. The normalized spacial score (nSPS) is 17.6. The minimum atomic E-state index is -1.05. The molecule has 1 heterocycles. The van der Waals surface area contributed by atoms with Crippen molar-refractivity contribution in [3.8, 4) is 5.75 Å². The molecule has 8 heteroatoms. The summed E-state index contributed by atoms with van der Waals surface area (Å²) in [7, 11) is 0. The number of benzene rings is 2. The van der Waals surface area contributed by atoms with E-state index in [1.165, 1.54) is 11.8 Å². The van der Waals surface area contributed by atoms with E-state index in [1.54, 1.807) is 30.3 Å². The molecule has 1 amide bonds. The van der Waals surface area contributed by atoms with E-state index in [2.05, 4.69) is 10.6 Å². The van der Waals surface area contributed by atoms with Crippen molar-refractivity contribution >= 4 is 47.0 Å². The fourth-order valence-electron chi connectivity index (χ4n) is 2.49. The Kier molecular flexibility index (Phi) is 5.93. The minimum absolute atomic E-state index is 0.180. The predicted octanol–water partition coefficient (Wildman–Crippen LogP) is 3.71. The number of carbonyl (C=O) groups excluding carboxylic acids is 1. The van der Waals surface area contributed by atoms with E-state index in [-0.39, 0.29) is 11.4 Å². The van der Waals surface area contributed by atoms with Gasteiger partial charge in [-0.15, -0.1) is 0 Å². The average molecular weight is 405 g/mol. The summed E-state index contributed by atoms with van der Waals surface area (Å²) in [4.78, 5) is 23.4. The molecule has 140 valence electrons. The van der Waals surface area contributed by atoms with Crippen molar-refractivity contribution in [3.63, 3.8) is 0 Å². The number of thioether (sulfide) groups is 1. The SMILES string of the molecule is Cc1cc(Cl)ccc1NC1NC(=O)/C(=C/c2cccc(OCC(=O)O)c2)S1. The molecule has 1 aliphatic heterocycles. The first-order valence-electron chi connectivity index (χ1n) is 8.07. The van der Waals surface area contributed by atoms with Gasteiger partial charge in [0.05, 0.1) is 4.91 Å². The van der Waals surface area contributed by atoms with Gasteiger partial charge in [0.15, 0.2) is 12.1 Å². The first-order chi connectivity index (χ1) is 12.9. The molecule has 0 radical (unpaired) electrons. The summed E-state index contributed by atoms with van der Waals surface area (Å²) in [5.41, 5.74) is 2.33. The summed E-state index contributed by atoms with van der Waals surface area (Å²) >= 11 is 7.33. The van der Waals surface area contributed by atoms with Gasteiger partial charge in [-0.1, -0.05) is 35.5 Å². The highest BCUT2D eigenvalue weighted by Crippen LogP contribution is 2.31. The van der Waals surface area contributed by atoms with Crippen LogP contribution in [0, 0.1) is 6.92 Å². The molecular formula is C19H17ClN2O4S. The van der Waals surface area contributed by atoms with Crippen LogP contribution in [-0.4, -0.2) is 29.1 Å². The Morgan fingerprint density at radius 2 is 2.19 bits per heavy atom. The van der Waals surface area contributed by atoms with Crippen LogP contribution in [0.2, 0.25) is 5.02 Å². The van der Waals surface area contributed by atoms with Crippen LogP contribution in [0.15, 0.2) is 47.4 Å². The van der Waals surface area contributed by atoms with Gasteiger partial charge in [0.25, 0.3) is 5.91 Å². The van der Waals surface area contributed by atoms with Gasteiger partial charge in [0.1, 0.15) is 5.75 Å². The lowest BCUT2D eigenvalue weighted by Crippen LogP contribution is -2.31. The van der Waals surface area contributed by atoms with Crippen molar-refractivity contribution in [2.45, 2.75) is 12.4 Å². The third kappa shape index (κ3) is 5.18. The van der Waals surface area contributed by atoms with Gasteiger partial charge in [-0.2, -0.15) is 0 Å². The third-order valence-corrected chi connectivity index (χ3v) is 4.99. The number of carbonyl (C=O) groups is 2. The Labute approximate surface area is 165 Å². The van der Waals surface area contributed by atoms with Crippen LogP contribution >= 0.6 is 23.4 Å². The van der Waals surface area contributed by atoms with Crippen molar-refractivity contribution in [1.82, 2.24) is 5.32 Å². The number of amides is 1. The number of hydrogen-bond acceptors (Lipinski definition) is 5. The van der Waals surface area contributed by atoms with Crippen LogP contribution in [0.1, 0.15) is 11.1 Å². The molecule has 1 unspecified atom stereocenters. The number of aliphatic carboxylic acids is 1. The van der Waals surface area contributed by atoms with E-state index in [0.29, 0.717) is 15.7 Å². The minimum Gasteiger partial charge on any atom is -0.482 e. The lowest BCUT2D eigenvalue weighted by atomic mass is 10.2. The summed E-state index contributed by atoms with van der Waals surface area (Å²) in [6, 6.07) is 12.4. The Morgan fingerprint density at radius 3 is 2.93 bits per heavy atom. The van der Waals surface area contributed by atoms with E-state index < -0.39 is 12.6 Å². The highest BCUT2D eigenvalue weighted by Gasteiger charge is 2.27. The topological polar surface area (TPSA) is 87.7 Å². The molecule has 0 saturated carbocycles. The maximum Gasteiger partial charge on any atom is 0.341 e. The van der Waals surface area contributed by atoms with Crippen molar-refractivity contribution in [1.29, 1.82) is 0 Å². The number of halogens is 1. The smallest absolute Gasteiger partial charge is 0.341 e. The first kappa shape index (κ1) is 19.1. The second kappa shape index (κ2) is 8.37. The Morgan fingerprint density at radius 1 is 1.37 bits per heavy atom. The fraction of sp³-hybridized carbons (Fsp3) is 0.158. The monoisotopic (exact) mass is 404 g/mol. The lowest BCUT2D eigenvalue weighted by Gasteiger charge is -2.15. The third-order valence-electron chi connectivity index (χ3n) is 3.72. The number of carboxylic acids is 1. The molecule has 3 N–H and O–H groups in total. The molecule has 0 spiro atoms. The molecule has 3 rings (SSSR count). The molecule has 1 atom stereocenters. The number of anilines is 1. The maximum atomic E-state index is 12.2. The summed E-state index contributed by atoms with van der Waals surface area (Å²) < 4.78 is 5.16. The van der Waals surface area contributed by atoms with Gasteiger partial charge in [-0.3, -0.25) is 4.79 Å². The lowest BCUT2D eigenvalue weighted by molar-refractivity contribution is -0.139. The predicted molar refractivity (Wildman–Crippen MR) is 107 cm³/mol. The van der Waals surface area contributed by atoms with Gasteiger partial charge in [-0.05, 0) is 54.5 Å². The molecule has 0 bridgehead atoms. The standard InChI is InChI=1S/C19H17ClN2O4S/c1-11-7-13(20)5-6-15(11)21-19-22-18(25)16(27-19)9-12-3-2-4-14(8-12)26-10-17(23)24/h2-9,19,21H,10H2,1H3,(H,22,25)(H,23,24)/b16-9-. The summed E-state index contributed by atoms with van der Waals surface area (Å²) in [5, 5.41) is 15.5. The zero-order valence-corrected chi connectivity index (χ0v) is 15.9. The molecular weight excluding hydrogens is 388 g/mol. The Hall–Kier alpha value is -2.64. The van der Waals surface area contributed by atoms with Crippen molar-refractivity contribution in [2.24, 2.45) is 0 Å². The second-order valence-electron chi connectivity index (χ2n) is 5.84. The van der Waals surface area contributed by atoms with E-state index in [9.17, 15) is 9.59 Å². The number of carboxylic acid groups (broad SMARTS) is 1. The van der Waals surface area contributed by atoms with E-state index in [1.807, 2.05) is 25.1 Å². The second-order valence-corrected chi connectivity index (χ2v) is 7.42. The van der Waals surface area contributed by atoms with Gasteiger partial charge in [0, 0.05) is 10.7 Å². The quantitative estimate of drug-likeness (QED) is 0.636. The summed E-state index contributed by atoms with van der Waals surface area (Å²) in [6.07, 6.45) is 1.74. The summed E-state index contributed by atoms with van der Waals surface area (Å²) in [6.45, 7) is 1.52. The van der Waals surface area contributed by atoms with Crippen LogP contribution in [0.3, 0.4) is 0 Å². The largest absolute Gasteiger partial charge is 0.482 e. The van der Waals surface area contributed by atoms with Crippen LogP contribution < -0.4 is 15.4 Å². The highest BCUT2D eigenvalue weighted by molar-refractivity contribution is 8.05. The Balaban J connectivity index is 1.70. The average Bonchev–Trinajstić information content (AvgIpc) is 2.95. The molecule has 6 nitrogen and oxygen atoms in total. The molecule has 0 aromatic heterocycles. The molecule has 27 heavy (non-hydrogen) atoms. The van der Waals surface area contributed by atoms with Crippen LogP contribution in [0.5, 0.6) is 5.75 Å². The molecule has 2 aromatic rings. The first-order valence-corrected chi connectivity index (χ1v) is 9.33. The van der Waals surface area contributed by atoms with Crippen molar-refractivity contribution in [3.05, 3.63) is 63.5 Å². The molecule has 2 aromatic carbocycles. The molecule has 1 fully saturated rings. The Bertz CT molecular complexity index is 916. The van der Waals surface area contributed by atoms with Gasteiger partial charge >= 0.3 is 5.97 Å². The maximum absolute atomic E-state index is 12.2. The van der Waals surface area contributed by atoms with Crippen LogP contribution in [0.25, 0.3) is 6.08 Å². The van der Waals surface area contributed by atoms with Crippen LogP contribution in [-0.2, 0) is 9.59 Å². The van der Waals surface area contributed by atoms with Crippen molar-refractivity contribution in [2.75, 3.05) is 11.9 Å². The highest BCUT2D eigenvalue weighted by atomic mass is 35.5. The van der Waals surface area contributed by atoms with E-state index >= 15 is 0 Å². The number of nitrogens with one attached hydrogen (secondary N) is 2. The molecule has 1 aliphatic rings. The van der Waals surface area contributed by atoms with E-state index in [4.69, 9.17) is 21.4 Å². The number of hydrogen-bond donors (Lipinski definition) is 3. The number of ether oxygens (including phenoxy) is 1. The van der Waals surface area contributed by atoms with Gasteiger partial charge < -0.3 is 20.5 Å². The van der Waals surface area contributed by atoms with Crippen LogP contribution in [0.4, 0.5) is 5.69 Å². The van der Waals surface area contributed by atoms with E-state index in [0.717, 1.165) is 16.8 Å². The van der Waals surface area contributed by atoms with Gasteiger partial charge in [0.2, 0.25) is 0 Å². The molecule has 1 saturated heterocycles.